The van der Waals surface area contributed by atoms with Gasteiger partial charge in [-0.2, -0.15) is 0 Å². The highest BCUT2D eigenvalue weighted by Gasteiger charge is 1.99. The summed E-state index contributed by atoms with van der Waals surface area (Å²) in [6.45, 7) is 0. The molecule has 1 unspecified atom stereocenters. The van der Waals surface area contributed by atoms with Crippen LogP contribution in [0.5, 0.6) is 5.75 Å². The Kier molecular flexibility index (Phi) is 3.95. The highest BCUT2D eigenvalue weighted by atomic mass is 16.6. The van der Waals surface area contributed by atoms with Gasteiger partial charge in [0.05, 0.1) is 0 Å². The van der Waals surface area contributed by atoms with Crippen molar-refractivity contribution < 1.29 is 9.84 Å². The maximum absolute atomic E-state index is 9.65. The largest absolute Gasteiger partial charge is 0.461 e. The van der Waals surface area contributed by atoms with Gasteiger partial charge in [-0.05, 0) is 23.8 Å². The van der Waals surface area contributed by atoms with Crippen molar-refractivity contribution in [2.24, 2.45) is 0 Å². The first-order chi connectivity index (χ1) is 8.34. The van der Waals surface area contributed by atoms with Crippen LogP contribution < -0.4 is 4.74 Å². The zero-order chi connectivity index (χ0) is 11.9. The molecule has 2 aromatic carbocycles. The predicted molar refractivity (Wildman–Crippen MR) is 68.6 cm³/mol. The number of ether oxygens (including phenoxy) is 1. The van der Waals surface area contributed by atoms with E-state index in [1.165, 1.54) is 0 Å². The second-order valence-corrected chi connectivity index (χ2v) is 3.59. The predicted octanol–water partition coefficient (Wildman–Crippen LogP) is 3.10. The van der Waals surface area contributed by atoms with Gasteiger partial charge in [0.1, 0.15) is 5.75 Å². The van der Waals surface area contributed by atoms with E-state index in [0.717, 1.165) is 5.56 Å². The molecule has 2 rings (SSSR count). The van der Waals surface area contributed by atoms with Gasteiger partial charge >= 0.3 is 0 Å². The summed E-state index contributed by atoms with van der Waals surface area (Å²) in [6, 6.07) is 19.0. The van der Waals surface area contributed by atoms with Gasteiger partial charge < -0.3 is 9.84 Å². The van der Waals surface area contributed by atoms with Gasteiger partial charge in [0, 0.05) is 0 Å². The Morgan fingerprint density at radius 2 is 1.47 bits per heavy atom. The van der Waals surface area contributed by atoms with E-state index in [1.54, 1.807) is 18.2 Å². The van der Waals surface area contributed by atoms with Crippen LogP contribution in [0.4, 0.5) is 0 Å². The molecule has 0 aliphatic carbocycles. The lowest BCUT2D eigenvalue weighted by molar-refractivity contribution is 0.0254. The first-order valence-electron chi connectivity index (χ1n) is 5.47. The molecule has 17 heavy (non-hydrogen) atoms. The molecule has 0 aliphatic heterocycles. The van der Waals surface area contributed by atoms with Crippen molar-refractivity contribution in [3.05, 3.63) is 72.3 Å². The summed E-state index contributed by atoms with van der Waals surface area (Å²) >= 11 is 0. The van der Waals surface area contributed by atoms with Crippen LogP contribution in [-0.2, 0) is 0 Å². The Morgan fingerprint density at radius 3 is 2.12 bits per heavy atom. The lowest BCUT2D eigenvalue weighted by Crippen LogP contribution is -2.11. The molecule has 2 heteroatoms. The Morgan fingerprint density at radius 1 is 0.882 bits per heavy atom. The van der Waals surface area contributed by atoms with E-state index in [2.05, 4.69) is 0 Å². The van der Waals surface area contributed by atoms with Crippen LogP contribution in [0.25, 0.3) is 6.08 Å². The number of hydrogen-bond acceptors (Lipinski definition) is 2. The maximum atomic E-state index is 9.65. The highest BCUT2D eigenvalue weighted by molar-refractivity contribution is 5.49. The van der Waals surface area contributed by atoms with Gasteiger partial charge in [-0.1, -0.05) is 54.6 Å². The van der Waals surface area contributed by atoms with Crippen LogP contribution in [0.15, 0.2) is 66.7 Å². The fraction of sp³-hybridized carbons (Fsp3) is 0.0667. The normalized spacial score (nSPS) is 12.5. The second kappa shape index (κ2) is 5.87. The number of hydrogen-bond donors (Lipinski definition) is 1. The Balaban J connectivity index is 1.94. The summed E-state index contributed by atoms with van der Waals surface area (Å²) in [4.78, 5) is 0. The van der Waals surface area contributed by atoms with Gasteiger partial charge in [-0.15, -0.1) is 0 Å². The highest BCUT2D eigenvalue weighted by Crippen LogP contribution is 2.11. The van der Waals surface area contributed by atoms with E-state index in [0.29, 0.717) is 5.75 Å². The van der Waals surface area contributed by atoms with Crippen molar-refractivity contribution in [1.82, 2.24) is 0 Å². The van der Waals surface area contributed by atoms with E-state index < -0.39 is 6.29 Å². The number of aliphatic hydroxyl groups is 1. The Hall–Kier alpha value is -2.06. The molecule has 0 bridgehead atoms. The van der Waals surface area contributed by atoms with E-state index in [-0.39, 0.29) is 0 Å². The maximum Gasteiger partial charge on any atom is 0.217 e. The van der Waals surface area contributed by atoms with Gasteiger partial charge in [0.15, 0.2) is 0 Å². The summed E-state index contributed by atoms with van der Waals surface area (Å²) in [7, 11) is 0. The van der Waals surface area contributed by atoms with E-state index >= 15 is 0 Å². The first kappa shape index (κ1) is 11.4. The van der Waals surface area contributed by atoms with Crippen molar-refractivity contribution in [2.75, 3.05) is 0 Å². The molecule has 0 saturated carbocycles. The third-order valence-electron chi connectivity index (χ3n) is 2.25. The zero-order valence-corrected chi connectivity index (χ0v) is 9.36. The fourth-order valence-corrected chi connectivity index (χ4v) is 1.44. The minimum Gasteiger partial charge on any atom is -0.461 e. The Labute approximate surface area is 101 Å². The van der Waals surface area contributed by atoms with E-state index in [4.69, 9.17) is 4.74 Å². The molecule has 0 heterocycles. The van der Waals surface area contributed by atoms with Crippen LogP contribution in [0.3, 0.4) is 0 Å². The molecule has 0 aliphatic rings. The van der Waals surface area contributed by atoms with Gasteiger partial charge in [-0.25, -0.2) is 0 Å². The number of rotatable bonds is 4. The van der Waals surface area contributed by atoms with Crippen LogP contribution in [0.2, 0.25) is 0 Å². The molecule has 0 radical (unpaired) electrons. The standard InChI is InChI=1S/C15H14O2/c16-15(17-14-9-5-2-6-10-14)12-11-13-7-3-1-4-8-13/h1-12,15-16H. The fourth-order valence-electron chi connectivity index (χ4n) is 1.44. The van der Waals surface area contributed by atoms with Crippen molar-refractivity contribution in [2.45, 2.75) is 6.29 Å². The number of benzene rings is 2. The molecule has 1 atom stereocenters. The molecule has 2 nitrogen and oxygen atoms in total. The molecular formula is C15H14O2. The van der Waals surface area contributed by atoms with Crippen LogP contribution in [0, 0.1) is 0 Å². The van der Waals surface area contributed by atoms with Crippen LogP contribution in [-0.4, -0.2) is 11.4 Å². The molecule has 0 aromatic heterocycles. The summed E-state index contributed by atoms with van der Waals surface area (Å²) in [6.07, 6.45) is 2.51. The third kappa shape index (κ3) is 3.78. The van der Waals surface area contributed by atoms with Crippen molar-refractivity contribution >= 4 is 6.08 Å². The number of aliphatic hydroxyl groups excluding tert-OH is 1. The smallest absolute Gasteiger partial charge is 0.217 e. The average Bonchev–Trinajstić information content (AvgIpc) is 2.39. The molecule has 2 aromatic rings. The van der Waals surface area contributed by atoms with E-state index in [9.17, 15) is 5.11 Å². The summed E-state index contributed by atoms with van der Waals surface area (Å²) in [5, 5.41) is 9.65. The first-order valence-corrected chi connectivity index (χ1v) is 5.47. The number of para-hydroxylation sites is 1. The average molecular weight is 226 g/mol. The lowest BCUT2D eigenvalue weighted by Gasteiger charge is -2.09. The monoisotopic (exact) mass is 226 g/mol. The van der Waals surface area contributed by atoms with Gasteiger partial charge in [0.25, 0.3) is 0 Å². The molecule has 0 spiro atoms. The third-order valence-corrected chi connectivity index (χ3v) is 2.25. The molecule has 0 amide bonds. The summed E-state index contributed by atoms with van der Waals surface area (Å²) in [5.41, 5.74) is 1.03. The van der Waals surface area contributed by atoms with Crippen molar-refractivity contribution in [1.29, 1.82) is 0 Å². The van der Waals surface area contributed by atoms with Gasteiger partial charge in [0.2, 0.25) is 6.29 Å². The molecular weight excluding hydrogens is 212 g/mol. The van der Waals surface area contributed by atoms with Crippen molar-refractivity contribution in [3.8, 4) is 5.75 Å². The molecule has 0 fully saturated rings. The summed E-state index contributed by atoms with van der Waals surface area (Å²) < 4.78 is 5.30. The minimum absolute atomic E-state index is 0.651. The van der Waals surface area contributed by atoms with Crippen LogP contribution >= 0.6 is 0 Å². The quantitative estimate of drug-likeness (QED) is 0.812. The lowest BCUT2D eigenvalue weighted by atomic mass is 10.2. The second-order valence-electron chi connectivity index (χ2n) is 3.59. The topological polar surface area (TPSA) is 29.5 Å². The van der Waals surface area contributed by atoms with E-state index in [1.807, 2.05) is 54.6 Å². The van der Waals surface area contributed by atoms with Crippen LogP contribution in [0.1, 0.15) is 5.56 Å². The molecule has 1 N–H and O–H groups in total. The SMILES string of the molecule is OC(C=Cc1ccccc1)Oc1ccccc1. The molecule has 0 saturated heterocycles. The zero-order valence-electron chi connectivity index (χ0n) is 9.36. The Bertz CT molecular complexity index is 463. The molecule has 86 valence electrons. The van der Waals surface area contributed by atoms with Crippen molar-refractivity contribution in [3.63, 3.8) is 0 Å². The summed E-state index contributed by atoms with van der Waals surface area (Å²) in [5.74, 6) is 0.651. The van der Waals surface area contributed by atoms with Gasteiger partial charge in [-0.3, -0.25) is 0 Å². The minimum atomic E-state index is -0.933.